The van der Waals surface area contributed by atoms with Gasteiger partial charge in [0.2, 0.25) is 0 Å². The number of amides is 2. The van der Waals surface area contributed by atoms with Crippen molar-refractivity contribution in [1.29, 1.82) is 0 Å². The minimum absolute atomic E-state index is 0.193. The van der Waals surface area contributed by atoms with Crippen molar-refractivity contribution in [3.63, 3.8) is 0 Å². The highest BCUT2D eigenvalue weighted by Gasteiger charge is 2.24. The fraction of sp³-hybridized carbons (Fsp3) is 0.115. The maximum atomic E-state index is 12.5. The second-order valence-electron chi connectivity index (χ2n) is 7.55. The molecule has 0 bridgehead atoms. The number of hydrogen-bond acceptors (Lipinski definition) is 6. The molecule has 0 aliphatic carbocycles. The van der Waals surface area contributed by atoms with E-state index in [0.717, 1.165) is 16.8 Å². The van der Waals surface area contributed by atoms with E-state index < -0.39 is 0 Å². The molecule has 0 spiro atoms. The number of ether oxygens (including phenoxy) is 2. The maximum Gasteiger partial charge on any atom is 0.264 e. The molecule has 35 heavy (non-hydrogen) atoms. The van der Waals surface area contributed by atoms with Crippen molar-refractivity contribution in [2.45, 2.75) is 6.92 Å². The van der Waals surface area contributed by atoms with Crippen molar-refractivity contribution in [3.8, 4) is 11.5 Å². The minimum Gasteiger partial charge on any atom is -0.493 e. The number of aliphatic imine (C=N–C) groups is 1. The smallest absolute Gasteiger partial charge is 0.264 e. The Morgan fingerprint density at radius 2 is 1.89 bits per heavy atom. The molecule has 0 radical (unpaired) electrons. The molecule has 1 aliphatic rings. The highest BCUT2D eigenvalue weighted by atomic mass is 79.9. The zero-order chi connectivity index (χ0) is 24.8. The fourth-order valence-electron chi connectivity index (χ4n) is 3.19. The molecule has 1 fully saturated rings. The molecular formula is C26H22BrN3O4S. The monoisotopic (exact) mass is 551 g/mol. The normalized spacial score (nSPS) is 15.2. The first-order valence-corrected chi connectivity index (χ1v) is 12.2. The Morgan fingerprint density at radius 1 is 1.14 bits per heavy atom. The minimum atomic E-state index is -0.296. The third-order valence-corrected chi connectivity index (χ3v) is 6.37. The second kappa shape index (κ2) is 11.2. The van der Waals surface area contributed by atoms with Gasteiger partial charge in [0.15, 0.2) is 23.3 Å². The van der Waals surface area contributed by atoms with Gasteiger partial charge in [-0.05, 0) is 82.7 Å². The first kappa shape index (κ1) is 24.6. The number of halogens is 1. The first-order chi connectivity index (χ1) is 16.9. The number of nitrogens with zero attached hydrogens (tertiary/aromatic N) is 1. The molecule has 1 aliphatic heterocycles. The lowest BCUT2D eigenvalue weighted by atomic mass is 10.2. The lowest BCUT2D eigenvalue weighted by molar-refractivity contribution is -0.118. The predicted octanol–water partition coefficient (Wildman–Crippen LogP) is 5.68. The maximum absolute atomic E-state index is 12.5. The van der Waals surface area contributed by atoms with Crippen molar-refractivity contribution in [2.24, 2.45) is 4.99 Å². The summed E-state index contributed by atoms with van der Waals surface area (Å²) in [6, 6.07) is 20.4. The summed E-state index contributed by atoms with van der Waals surface area (Å²) in [4.78, 5) is 29.7. The van der Waals surface area contributed by atoms with Gasteiger partial charge in [-0.1, -0.05) is 35.9 Å². The van der Waals surface area contributed by atoms with Gasteiger partial charge in [-0.2, -0.15) is 0 Å². The summed E-state index contributed by atoms with van der Waals surface area (Å²) in [5.41, 5.74) is 3.32. The first-order valence-electron chi connectivity index (χ1n) is 10.6. The van der Waals surface area contributed by atoms with Gasteiger partial charge in [-0.3, -0.25) is 9.59 Å². The number of rotatable bonds is 7. The number of thioether (sulfide) groups is 1. The molecule has 3 aromatic carbocycles. The number of benzene rings is 3. The molecule has 178 valence electrons. The van der Waals surface area contributed by atoms with E-state index in [9.17, 15) is 9.59 Å². The molecular weight excluding hydrogens is 530 g/mol. The van der Waals surface area contributed by atoms with Crippen molar-refractivity contribution in [2.75, 3.05) is 19.0 Å². The standard InChI is InChI=1S/C26H22BrN3O4S/c1-16-8-10-19(11-9-16)29-26-30-25(32)22(35-26)14-17-12-20(27)24(21(13-17)33-2)34-15-23(31)28-18-6-4-3-5-7-18/h3-14H,15H2,1-2H3,(H,28,31)(H,29,30,32)/b22-14-. The molecule has 0 unspecified atom stereocenters. The van der Waals surface area contributed by atoms with Gasteiger partial charge in [0.25, 0.3) is 11.8 Å². The van der Waals surface area contributed by atoms with Gasteiger partial charge in [0, 0.05) is 5.69 Å². The highest BCUT2D eigenvalue weighted by molar-refractivity contribution is 9.10. The molecule has 2 amide bonds. The average molecular weight is 552 g/mol. The molecule has 1 saturated heterocycles. The average Bonchev–Trinajstić information content (AvgIpc) is 3.18. The van der Waals surface area contributed by atoms with Gasteiger partial charge < -0.3 is 20.1 Å². The molecule has 2 N–H and O–H groups in total. The number of aryl methyl sites for hydroxylation is 1. The number of anilines is 1. The van der Waals surface area contributed by atoms with Crippen molar-refractivity contribution >= 4 is 62.1 Å². The number of carbonyl (C=O) groups excluding carboxylic acids is 2. The van der Waals surface area contributed by atoms with Crippen LogP contribution in [-0.2, 0) is 9.59 Å². The van der Waals surface area contributed by atoms with Gasteiger partial charge in [0.05, 0.1) is 22.2 Å². The van der Waals surface area contributed by atoms with E-state index in [1.807, 2.05) is 49.4 Å². The van der Waals surface area contributed by atoms with Crippen LogP contribution in [0.1, 0.15) is 11.1 Å². The number of para-hydroxylation sites is 1. The van der Waals surface area contributed by atoms with Crippen LogP contribution >= 0.6 is 27.7 Å². The SMILES string of the molecule is COc1cc(/C=C2\SC(=Nc3ccc(C)cc3)NC2=O)cc(Br)c1OCC(=O)Nc1ccccc1. The molecule has 0 saturated carbocycles. The second-order valence-corrected chi connectivity index (χ2v) is 9.44. The van der Waals surface area contributed by atoms with Crippen LogP contribution in [0.25, 0.3) is 6.08 Å². The van der Waals surface area contributed by atoms with Gasteiger partial charge in [0.1, 0.15) is 0 Å². The van der Waals surface area contributed by atoms with E-state index in [1.165, 1.54) is 18.9 Å². The van der Waals surface area contributed by atoms with Crippen molar-refractivity contribution in [1.82, 2.24) is 5.32 Å². The van der Waals surface area contributed by atoms with Crippen LogP contribution in [0.15, 0.2) is 81.1 Å². The summed E-state index contributed by atoms with van der Waals surface area (Å²) in [5.74, 6) is 0.295. The van der Waals surface area contributed by atoms with E-state index in [-0.39, 0.29) is 18.4 Å². The summed E-state index contributed by atoms with van der Waals surface area (Å²) in [7, 11) is 1.51. The van der Waals surface area contributed by atoms with Crippen LogP contribution in [0.3, 0.4) is 0 Å². The molecule has 4 rings (SSSR count). The lowest BCUT2D eigenvalue weighted by Crippen LogP contribution is -2.20. The Hall–Kier alpha value is -3.56. The van der Waals surface area contributed by atoms with E-state index in [1.54, 1.807) is 30.3 Å². The van der Waals surface area contributed by atoms with Crippen LogP contribution in [0.2, 0.25) is 0 Å². The van der Waals surface area contributed by atoms with Gasteiger partial charge >= 0.3 is 0 Å². The Kier molecular flexibility index (Phi) is 7.89. The van der Waals surface area contributed by atoms with E-state index in [2.05, 4.69) is 31.6 Å². The van der Waals surface area contributed by atoms with Crippen LogP contribution in [0, 0.1) is 6.92 Å². The van der Waals surface area contributed by atoms with Crippen LogP contribution in [0.4, 0.5) is 11.4 Å². The summed E-state index contributed by atoms with van der Waals surface area (Å²) in [5, 5.41) is 6.07. The summed E-state index contributed by atoms with van der Waals surface area (Å²) < 4.78 is 11.8. The fourth-order valence-corrected chi connectivity index (χ4v) is 4.60. The number of hydrogen-bond donors (Lipinski definition) is 2. The summed E-state index contributed by atoms with van der Waals surface area (Å²) in [6.45, 7) is 1.81. The van der Waals surface area contributed by atoms with Crippen molar-refractivity contribution < 1.29 is 19.1 Å². The number of carbonyl (C=O) groups is 2. The van der Waals surface area contributed by atoms with Gasteiger partial charge in [-0.25, -0.2) is 4.99 Å². The third-order valence-electron chi connectivity index (χ3n) is 4.87. The van der Waals surface area contributed by atoms with Crippen LogP contribution in [0.5, 0.6) is 11.5 Å². The zero-order valence-electron chi connectivity index (χ0n) is 19.0. The number of nitrogens with one attached hydrogen (secondary N) is 2. The summed E-state index contributed by atoms with van der Waals surface area (Å²) >= 11 is 4.75. The highest BCUT2D eigenvalue weighted by Crippen LogP contribution is 2.38. The third kappa shape index (κ3) is 6.52. The van der Waals surface area contributed by atoms with Crippen molar-refractivity contribution in [3.05, 3.63) is 87.2 Å². The molecule has 7 nitrogen and oxygen atoms in total. The number of methoxy groups -OCH3 is 1. The molecule has 1 heterocycles. The Bertz CT molecular complexity index is 1310. The van der Waals surface area contributed by atoms with Crippen LogP contribution in [-0.4, -0.2) is 30.7 Å². The largest absolute Gasteiger partial charge is 0.493 e. The Morgan fingerprint density at radius 3 is 2.60 bits per heavy atom. The van der Waals surface area contributed by atoms with E-state index in [0.29, 0.717) is 31.7 Å². The van der Waals surface area contributed by atoms with Gasteiger partial charge in [-0.15, -0.1) is 0 Å². The van der Waals surface area contributed by atoms with E-state index in [4.69, 9.17) is 9.47 Å². The topological polar surface area (TPSA) is 89.0 Å². The quantitative estimate of drug-likeness (QED) is 0.369. The lowest BCUT2D eigenvalue weighted by Gasteiger charge is -2.13. The molecule has 9 heteroatoms. The molecule has 3 aromatic rings. The summed E-state index contributed by atoms with van der Waals surface area (Å²) in [6.07, 6.45) is 1.75. The molecule has 0 atom stereocenters. The Balaban J connectivity index is 1.47. The molecule has 0 aromatic heterocycles. The Labute approximate surface area is 215 Å². The predicted molar refractivity (Wildman–Crippen MR) is 143 cm³/mol. The van der Waals surface area contributed by atoms with Crippen LogP contribution < -0.4 is 20.1 Å². The number of amidine groups is 1. The zero-order valence-corrected chi connectivity index (χ0v) is 21.4. The van der Waals surface area contributed by atoms with E-state index >= 15 is 0 Å².